The summed E-state index contributed by atoms with van der Waals surface area (Å²) in [6.45, 7) is 2.22. The summed E-state index contributed by atoms with van der Waals surface area (Å²) in [4.78, 5) is 0. The van der Waals surface area contributed by atoms with Crippen molar-refractivity contribution in [1.82, 2.24) is 0 Å². The molecule has 0 heteroatoms. The standard InChI is InChI=1S/C10H10/c1-10(7-8-10)9-5-3-2-4-6-9/h2-8H,1H3. The number of benzene rings is 1. The summed E-state index contributed by atoms with van der Waals surface area (Å²) in [7, 11) is 0. The Hall–Kier alpha value is -1.04. The van der Waals surface area contributed by atoms with Crippen LogP contribution in [0.25, 0.3) is 0 Å². The van der Waals surface area contributed by atoms with E-state index in [2.05, 4.69) is 49.4 Å². The lowest BCUT2D eigenvalue weighted by Gasteiger charge is -2.07. The van der Waals surface area contributed by atoms with Gasteiger partial charge in [-0.1, -0.05) is 42.5 Å². The van der Waals surface area contributed by atoms with Crippen LogP contribution in [0.1, 0.15) is 12.5 Å². The molecule has 0 saturated carbocycles. The fraction of sp³-hybridized carbons (Fsp3) is 0.200. The number of allylic oxidation sites excluding steroid dienone is 2. The van der Waals surface area contributed by atoms with Crippen molar-refractivity contribution < 1.29 is 0 Å². The zero-order valence-corrected chi connectivity index (χ0v) is 6.04. The van der Waals surface area contributed by atoms with Gasteiger partial charge in [-0.15, -0.1) is 0 Å². The van der Waals surface area contributed by atoms with Crippen LogP contribution in [0, 0.1) is 0 Å². The van der Waals surface area contributed by atoms with Gasteiger partial charge >= 0.3 is 0 Å². The average Bonchev–Trinajstić information content (AvgIpc) is 2.72. The van der Waals surface area contributed by atoms with Crippen LogP contribution >= 0.6 is 0 Å². The third-order valence-electron chi connectivity index (χ3n) is 2.06. The summed E-state index contributed by atoms with van der Waals surface area (Å²) >= 11 is 0. The summed E-state index contributed by atoms with van der Waals surface area (Å²) < 4.78 is 0. The molecule has 1 aromatic carbocycles. The molecule has 0 amide bonds. The van der Waals surface area contributed by atoms with Crippen molar-refractivity contribution in [2.45, 2.75) is 12.3 Å². The molecule has 0 atom stereocenters. The Morgan fingerprint density at radius 3 is 2.10 bits per heavy atom. The minimum Gasteiger partial charge on any atom is -0.0733 e. The molecule has 0 fully saturated rings. The predicted octanol–water partition coefficient (Wildman–Crippen LogP) is 2.51. The molecular weight excluding hydrogens is 120 g/mol. The summed E-state index contributed by atoms with van der Waals surface area (Å²) in [6, 6.07) is 10.6. The number of hydrogen-bond acceptors (Lipinski definition) is 0. The summed E-state index contributed by atoms with van der Waals surface area (Å²) in [5.41, 5.74) is 1.69. The Morgan fingerprint density at radius 2 is 1.60 bits per heavy atom. The maximum atomic E-state index is 2.22. The van der Waals surface area contributed by atoms with Crippen LogP contribution in [0.2, 0.25) is 0 Å². The van der Waals surface area contributed by atoms with Crippen LogP contribution in [0.4, 0.5) is 0 Å². The molecule has 50 valence electrons. The molecule has 0 aromatic heterocycles. The van der Waals surface area contributed by atoms with E-state index in [-0.39, 0.29) is 0 Å². The van der Waals surface area contributed by atoms with Gasteiger partial charge in [0.05, 0.1) is 0 Å². The lowest BCUT2D eigenvalue weighted by molar-refractivity contribution is 0.871. The van der Waals surface area contributed by atoms with E-state index in [1.165, 1.54) is 5.56 Å². The molecular formula is C10H10. The Balaban J connectivity index is 2.36. The molecule has 0 spiro atoms. The lowest BCUT2D eigenvalue weighted by atomic mass is 9.96. The van der Waals surface area contributed by atoms with Gasteiger partial charge in [-0.05, 0) is 12.5 Å². The van der Waals surface area contributed by atoms with Gasteiger partial charge in [-0.3, -0.25) is 0 Å². The average molecular weight is 130 g/mol. The van der Waals surface area contributed by atoms with Crippen LogP contribution in [-0.4, -0.2) is 0 Å². The molecule has 1 aliphatic carbocycles. The smallest absolute Gasteiger partial charge is 0.0284 e. The second-order valence-corrected chi connectivity index (χ2v) is 2.98. The van der Waals surface area contributed by atoms with Crippen molar-refractivity contribution in [2.24, 2.45) is 0 Å². The van der Waals surface area contributed by atoms with Crippen molar-refractivity contribution in [1.29, 1.82) is 0 Å². The van der Waals surface area contributed by atoms with E-state index in [1.807, 2.05) is 0 Å². The molecule has 0 bridgehead atoms. The van der Waals surface area contributed by atoms with Crippen molar-refractivity contribution in [2.75, 3.05) is 0 Å². The first-order valence-corrected chi connectivity index (χ1v) is 3.57. The molecule has 0 saturated heterocycles. The molecule has 0 radical (unpaired) electrons. The zero-order valence-electron chi connectivity index (χ0n) is 6.04. The van der Waals surface area contributed by atoms with Crippen LogP contribution in [0.15, 0.2) is 42.5 Å². The highest BCUT2D eigenvalue weighted by molar-refractivity contribution is 5.45. The van der Waals surface area contributed by atoms with E-state index < -0.39 is 0 Å². The van der Waals surface area contributed by atoms with E-state index in [4.69, 9.17) is 0 Å². The van der Waals surface area contributed by atoms with E-state index in [0.29, 0.717) is 5.41 Å². The van der Waals surface area contributed by atoms with E-state index in [1.54, 1.807) is 0 Å². The van der Waals surface area contributed by atoms with Crippen molar-refractivity contribution in [3.8, 4) is 0 Å². The Bertz CT molecular complexity index is 251. The summed E-state index contributed by atoms with van der Waals surface area (Å²) in [6.07, 6.45) is 4.45. The summed E-state index contributed by atoms with van der Waals surface area (Å²) in [5, 5.41) is 0. The van der Waals surface area contributed by atoms with Gasteiger partial charge in [-0.25, -0.2) is 0 Å². The highest BCUT2D eigenvalue weighted by atomic mass is 14.3. The largest absolute Gasteiger partial charge is 0.0733 e. The SMILES string of the molecule is CC1(c2ccccc2)C=C1. The monoisotopic (exact) mass is 130 g/mol. The lowest BCUT2D eigenvalue weighted by Crippen LogP contribution is -2.00. The van der Waals surface area contributed by atoms with Gasteiger partial charge < -0.3 is 0 Å². The van der Waals surface area contributed by atoms with Crippen LogP contribution < -0.4 is 0 Å². The highest BCUT2D eigenvalue weighted by Crippen LogP contribution is 2.37. The molecule has 1 aromatic rings. The van der Waals surface area contributed by atoms with Gasteiger partial charge in [0.25, 0.3) is 0 Å². The topological polar surface area (TPSA) is 0 Å². The van der Waals surface area contributed by atoms with Gasteiger partial charge in [0.15, 0.2) is 0 Å². The fourth-order valence-corrected chi connectivity index (χ4v) is 1.11. The fourth-order valence-electron chi connectivity index (χ4n) is 1.11. The summed E-state index contributed by atoms with van der Waals surface area (Å²) in [5.74, 6) is 0. The molecule has 0 nitrogen and oxygen atoms in total. The van der Waals surface area contributed by atoms with Crippen molar-refractivity contribution >= 4 is 0 Å². The minimum absolute atomic E-state index is 0.293. The first kappa shape index (κ1) is 5.72. The van der Waals surface area contributed by atoms with E-state index >= 15 is 0 Å². The maximum absolute atomic E-state index is 2.22. The van der Waals surface area contributed by atoms with Crippen LogP contribution in [-0.2, 0) is 5.41 Å². The Labute approximate surface area is 61.2 Å². The molecule has 0 aliphatic heterocycles. The van der Waals surface area contributed by atoms with Gasteiger partial charge in [-0.2, -0.15) is 0 Å². The third-order valence-corrected chi connectivity index (χ3v) is 2.06. The molecule has 2 rings (SSSR count). The van der Waals surface area contributed by atoms with Crippen molar-refractivity contribution in [3.05, 3.63) is 48.0 Å². The number of rotatable bonds is 1. The zero-order chi connectivity index (χ0) is 7.03. The van der Waals surface area contributed by atoms with Gasteiger partial charge in [0.1, 0.15) is 0 Å². The Morgan fingerprint density at radius 1 is 1.00 bits per heavy atom. The van der Waals surface area contributed by atoms with E-state index in [0.717, 1.165) is 0 Å². The second-order valence-electron chi connectivity index (χ2n) is 2.98. The first-order valence-electron chi connectivity index (χ1n) is 3.57. The van der Waals surface area contributed by atoms with Gasteiger partial charge in [0, 0.05) is 5.41 Å². The normalized spacial score (nSPS) is 18.9. The maximum Gasteiger partial charge on any atom is 0.0284 e. The van der Waals surface area contributed by atoms with E-state index in [9.17, 15) is 0 Å². The third kappa shape index (κ3) is 0.766. The van der Waals surface area contributed by atoms with Crippen LogP contribution in [0.5, 0.6) is 0 Å². The van der Waals surface area contributed by atoms with Gasteiger partial charge in [0.2, 0.25) is 0 Å². The molecule has 0 N–H and O–H groups in total. The van der Waals surface area contributed by atoms with Crippen molar-refractivity contribution in [3.63, 3.8) is 0 Å². The molecule has 0 unspecified atom stereocenters. The Kier molecular flexibility index (Phi) is 0.986. The molecule has 0 heterocycles. The second kappa shape index (κ2) is 1.72. The number of hydrogen-bond donors (Lipinski definition) is 0. The minimum atomic E-state index is 0.293. The molecule has 10 heavy (non-hydrogen) atoms. The predicted molar refractivity (Wildman–Crippen MR) is 42.9 cm³/mol. The first-order chi connectivity index (χ1) is 4.81. The van der Waals surface area contributed by atoms with Crippen LogP contribution in [0.3, 0.4) is 0 Å². The quantitative estimate of drug-likeness (QED) is 0.512. The highest BCUT2D eigenvalue weighted by Gasteiger charge is 2.29. The molecule has 1 aliphatic rings.